The molecular weight excluding hydrogens is 1310 g/mol. The van der Waals surface area contributed by atoms with Crippen LogP contribution in [0, 0.1) is 0 Å². The van der Waals surface area contributed by atoms with Crippen LogP contribution in [0.2, 0.25) is 0 Å². The van der Waals surface area contributed by atoms with E-state index in [0.717, 1.165) is 112 Å². The lowest BCUT2D eigenvalue weighted by Crippen LogP contribution is -1.97. The monoisotopic (exact) mass is 1370 g/mol. The fourth-order valence-corrected chi connectivity index (χ4v) is 15.8. The van der Waals surface area contributed by atoms with Crippen LogP contribution in [0.25, 0.3) is 210 Å². The maximum Gasteiger partial charge on any atom is 0.160 e. The van der Waals surface area contributed by atoms with Gasteiger partial charge in [0, 0.05) is 57.5 Å². The Bertz CT molecular complexity index is 6860. The van der Waals surface area contributed by atoms with Gasteiger partial charge in [0.2, 0.25) is 0 Å². The molecule has 20 aromatic rings. The van der Waals surface area contributed by atoms with Crippen molar-refractivity contribution < 1.29 is 0 Å². The Balaban J connectivity index is 0.600. The van der Waals surface area contributed by atoms with Crippen molar-refractivity contribution in [3.05, 3.63) is 389 Å². The zero-order valence-electron chi connectivity index (χ0n) is 58.6. The van der Waals surface area contributed by atoms with E-state index in [1.165, 1.54) is 86.9 Å². The summed E-state index contributed by atoms with van der Waals surface area (Å²) in [5.41, 5.74) is 24.5. The Labute approximate surface area is 625 Å². The molecule has 0 spiro atoms. The molecule has 0 amide bonds. The summed E-state index contributed by atoms with van der Waals surface area (Å²) >= 11 is 0. The summed E-state index contributed by atoms with van der Waals surface area (Å²) in [7, 11) is 0. The molecular formula is C102H64N6. The quantitative estimate of drug-likeness (QED) is 0.0846. The minimum absolute atomic E-state index is 0.612. The summed E-state index contributed by atoms with van der Waals surface area (Å²) in [4.78, 5) is 30.5. The first-order valence-electron chi connectivity index (χ1n) is 36.6. The van der Waals surface area contributed by atoms with Gasteiger partial charge in [0.15, 0.2) is 11.6 Å². The minimum atomic E-state index is 0.612. The lowest BCUT2D eigenvalue weighted by atomic mass is 9.88. The van der Waals surface area contributed by atoms with Gasteiger partial charge in [-0.1, -0.05) is 309 Å². The number of fused-ring (bicyclic) bond motifs is 8. The van der Waals surface area contributed by atoms with Crippen LogP contribution in [0.3, 0.4) is 0 Å². The largest absolute Gasteiger partial charge is 0.265 e. The third kappa shape index (κ3) is 11.9. The SMILES string of the molecule is c1ccc(-c2nc(-c3ccc(-c4ccc(-c5c6ccccc6cc6ccc7ccccc7c56)cc4)cc3)cc(-c3cccc(-c4ccnc(-c5cccc(-c6nc(-c7ccc(-c8ccncc8)cc7)cc(-c7ccc(-c8ccc(-c9c%10ccccc%10cc%10ccc%11ccccc%11c9%10)cc8)cc7)n6)c5)c4)c3)n2)cc1. The predicted octanol–water partition coefficient (Wildman–Crippen LogP) is 26.6. The van der Waals surface area contributed by atoms with E-state index in [1.807, 2.05) is 48.9 Å². The number of benzene rings is 16. The average Bonchev–Trinajstić information content (AvgIpc) is 0.744. The molecule has 0 saturated carbocycles. The lowest BCUT2D eigenvalue weighted by molar-refractivity contribution is 1.18. The summed E-state index contributed by atoms with van der Waals surface area (Å²) in [5.74, 6) is 1.27. The highest BCUT2D eigenvalue weighted by Crippen LogP contribution is 2.44. The molecule has 0 unspecified atom stereocenters. The van der Waals surface area contributed by atoms with Gasteiger partial charge in [0.25, 0.3) is 0 Å². The van der Waals surface area contributed by atoms with Crippen LogP contribution in [0.1, 0.15) is 0 Å². The molecule has 0 saturated heterocycles. The van der Waals surface area contributed by atoms with Crippen LogP contribution in [0.4, 0.5) is 0 Å². The maximum absolute atomic E-state index is 5.37. The van der Waals surface area contributed by atoms with Gasteiger partial charge in [0.05, 0.1) is 28.5 Å². The lowest BCUT2D eigenvalue weighted by Gasteiger charge is -2.15. The number of hydrogen-bond acceptors (Lipinski definition) is 6. The van der Waals surface area contributed by atoms with E-state index in [2.05, 4.69) is 345 Å². The van der Waals surface area contributed by atoms with Crippen molar-refractivity contribution >= 4 is 64.6 Å². The van der Waals surface area contributed by atoms with E-state index >= 15 is 0 Å². The van der Waals surface area contributed by atoms with Crippen LogP contribution < -0.4 is 0 Å². The standard InChI is InChI=1S/C102H64N6/c1-2-16-78(17-3-1)101-105-95(75-42-30-66(31-43-75)68-36-48-77(49-37-68)98-91-27-11-7-19-82(91)60-86-51-39-72-15-5-9-25-89(72)100(86)98)64-96(108-101)84-22-12-20-79(58-84)80-54-57-104-92(62-80)83-21-13-23-87(61-83)102-106-93(63-94(107-102)74-44-32-69(33-45-74)70-52-55-103-56-53-70)73-40-28-65(29-41-73)67-34-46-76(47-35-67)97-90-26-10-6-18-81(90)59-85-50-38-71-14-4-8-24-88(71)99(85)97/h1-64H. The van der Waals surface area contributed by atoms with Gasteiger partial charge in [-0.15, -0.1) is 0 Å². The second-order valence-electron chi connectivity index (χ2n) is 27.7. The van der Waals surface area contributed by atoms with Gasteiger partial charge < -0.3 is 0 Å². The maximum atomic E-state index is 5.37. The van der Waals surface area contributed by atoms with E-state index in [4.69, 9.17) is 24.9 Å². The molecule has 4 heterocycles. The Hall–Kier alpha value is -14.5. The molecule has 6 nitrogen and oxygen atoms in total. The molecule has 4 aromatic heterocycles. The van der Waals surface area contributed by atoms with Gasteiger partial charge in [-0.3, -0.25) is 9.97 Å². The summed E-state index contributed by atoms with van der Waals surface area (Å²) in [6.45, 7) is 0. The van der Waals surface area contributed by atoms with Crippen molar-refractivity contribution in [3.63, 3.8) is 0 Å². The van der Waals surface area contributed by atoms with Gasteiger partial charge in [0.1, 0.15) is 0 Å². The zero-order valence-corrected chi connectivity index (χ0v) is 58.6. The molecule has 0 aliphatic carbocycles. The highest BCUT2D eigenvalue weighted by molar-refractivity contribution is 6.23. The molecule has 0 bridgehead atoms. The van der Waals surface area contributed by atoms with Crippen molar-refractivity contribution in [2.24, 2.45) is 0 Å². The average molecular weight is 1370 g/mol. The Morgan fingerprint density at radius 2 is 0.481 bits per heavy atom. The van der Waals surface area contributed by atoms with Gasteiger partial charge >= 0.3 is 0 Å². The van der Waals surface area contributed by atoms with E-state index < -0.39 is 0 Å². The van der Waals surface area contributed by atoms with Crippen molar-refractivity contribution in [3.8, 4) is 146 Å². The molecule has 20 rings (SSSR count). The van der Waals surface area contributed by atoms with Crippen LogP contribution in [-0.2, 0) is 0 Å². The number of rotatable bonds is 13. The second kappa shape index (κ2) is 27.0. The molecule has 0 atom stereocenters. The molecule has 0 aliphatic heterocycles. The Kier molecular flexibility index (Phi) is 15.8. The van der Waals surface area contributed by atoms with E-state index in [0.29, 0.717) is 11.6 Å². The van der Waals surface area contributed by atoms with Crippen LogP contribution in [0.5, 0.6) is 0 Å². The molecule has 0 aliphatic rings. The van der Waals surface area contributed by atoms with Crippen LogP contribution in [0.15, 0.2) is 389 Å². The van der Waals surface area contributed by atoms with E-state index in [-0.39, 0.29) is 0 Å². The van der Waals surface area contributed by atoms with E-state index in [1.54, 1.807) is 0 Å². The smallest absolute Gasteiger partial charge is 0.160 e. The zero-order chi connectivity index (χ0) is 71.4. The number of aromatic nitrogens is 6. The third-order valence-corrected chi connectivity index (χ3v) is 21.2. The van der Waals surface area contributed by atoms with Crippen molar-refractivity contribution in [2.75, 3.05) is 0 Å². The Morgan fingerprint density at radius 1 is 0.157 bits per heavy atom. The third-order valence-electron chi connectivity index (χ3n) is 21.2. The first-order chi connectivity index (χ1) is 53.5. The topological polar surface area (TPSA) is 77.3 Å². The summed E-state index contributed by atoms with van der Waals surface area (Å²) in [6.07, 6.45) is 5.55. The van der Waals surface area contributed by atoms with Gasteiger partial charge in [-0.2, -0.15) is 0 Å². The number of nitrogens with zero attached hydrogens (tertiary/aromatic N) is 6. The van der Waals surface area contributed by atoms with Crippen molar-refractivity contribution in [1.82, 2.24) is 29.9 Å². The molecule has 0 fully saturated rings. The highest BCUT2D eigenvalue weighted by atomic mass is 14.9. The Morgan fingerprint density at radius 3 is 0.963 bits per heavy atom. The minimum Gasteiger partial charge on any atom is -0.265 e. The van der Waals surface area contributed by atoms with E-state index in [9.17, 15) is 0 Å². The molecule has 0 radical (unpaired) electrons. The van der Waals surface area contributed by atoms with Gasteiger partial charge in [-0.25, -0.2) is 19.9 Å². The van der Waals surface area contributed by atoms with Gasteiger partial charge in [-0.05, 0) is 192 Å². The van der Waals surface area contributed by atoms with Crippen LogP contribution >= 0.6 is 0 Å². The molecule has 0 N–H and O–H groups in total. The van der Waals surface area contributed by atoms with Crippen molar-refractivity contribution in [1.29, 1.82) is 0 Å². The second-order valence-corrected chi connectivity index (χ2v) is 27.7. The van der Waals surface area contributed by atoms with Crippen molar-refractivity contribution in [2.45, 2.75) is 0 Å². The highest BCUT2D eigenvalue weighted by Gasteiger charge is 2.20. The summed E-state index contributed by atoms with van der Waals surface area (Å²) in [5, 5.41) is 15.0. The fourth-order valence-electron chi connectivity index (χ4n) is 15.8. The molecule has 16 aromatic carbocycles. The molecule has 6 heteroatoms. The van der Waals surface area contributed by atoms with Crippen LogP contribution in [-0.4, -0.2) is 29.9 Å². The molecule has 108 heavy (non-hydrogen) atoms. The predicted molar refractivity (Wildman–Crippen MR) is 449 cm³/mol. The summed E-state index contributed by atoms with van der Waals surface area (Å²) in [6, 6.07) is 133. The first-order valence-corrected chi connectivity index (χ1v) is 36.6. The number of hydrogen-bond donors (Lipinski definition) is 0. The first kappa shape index (κ1) is 63.2. The normalized spacial score (nSPS) is 11.5. The number of pyridine rings is 2. The fraction of sp³-hybridized carbons (Fsp3) is 0. The molecule has 502 valence electrons. The summed E-state index contributed by atoms with van der Waals surface area (Å²) < 4.78 is 0.